The van der Waals surface area contributed by atoms with Crippen LogP contribution in [0.15, 0.2) is 42.6 Å². The average Bonchev–Trinajstić information content (AvgIpc) is 3.58. The summed E-state index contributed by atoms with van der Waals surface area (Å²) in [6, 6.07) is 12.9. The number of benzene rings is 2. The molecule has 0 bridgehead atoms. The molecule has 2 aliphatic rings. The van der Waals surface area contributed by atoms with Gasteiger partial charge in [0, 0.05) is 35.8 Å². The quantitative estimate of drug-likeness (QED) is 0.608. The maximum atomic E-state index is 12.5. The van der Waals surface area contributed by atoms with Gasteiger partial charge in [0.2, 0.25) is 5.95 Å². The minimum Gasteiger partial charge on any atom is -0.350 e. The molecule has 5 rings (SSSR count). The molecule has 0 unspecified atom stereocenters. The summed E-state index contributed by atoms with van der Waals surface area (Å²) < 4.78 is 0. The molecule has 1 aliphatic heterocycles. The van der Waals surface area contributed by atoms with E-state index in [4.69, 9.17) is 4.98 Å². The van der Waals surface area contributed by atoms with Gasteiger partial charge in [0.1, 0.15) is 0 Å². The zero-order valence-electron chi connectivity index (χ0n) is 17.2. The molecule has 6 nitrogen and oxygen atoms in total. The van der Waals surface area contributed by atoms with Crippen molar-refractivity contribution in [1.29, 1.82) is 0 Å². The first-order valence-electron chi connectivity index (χ1n) is 10.8. The van der Waals surface area contributed by atoms with E-state index in [9.17, 15) is 4.79 Å². The predicted octanol–water partition coefficient (Wildman–Crippen LogP) is 3.66. The number of hydrogen-bond donors (Lipinski definition) is 3. The maximum Gasteiger partial charge on any atom is 0.251 e. The summed E-state index contributed by atoms with van der Waals surface area (Å²) in [5.74, 6) is 0.690. The van der Waals surface area contributed by atoms with Crippen LogP contribution in [0.4, 0.5) is 5.95 Å². The largest absolute Gasteiger partial charge is 0.350 e. The number of carbonyl (C=O) groups is 1. The number of amides is 1. The first kappa shape index (κ1) is 19.0. The van der Waals surface area contributed by atoms with Gasteiger partial charge in [-0.2, -0.15) is 0 Å². The van der Waals surface area contributed by atoms with Crippen LogP contribution >= 0.6 is 0 Å². The van der Waals surface area contributed by atoms with Gasteiger partial charge in [-0.25, -0.2) is 9.97 Å². The summed E-state index contributed by atoms with van der Waals surface area (Å²) in [5.41, 5.74) is 4.90. The van der Waals surface area contributed by atoms with Crippen molar-refractivity contribution in [3.63, 3.8) is 0 Å². The number of rotatable bonds is 5. The molecule has 30 heavy (non-hydrogen) atoms. The normalized spacial score (nSPS) is 18.9. The van der Waals surface area contributed by atoms with Crippen LogP contribution in [0.25, 0.3) is 22.0 Å². The Morgan fingerprint density at radius 1 is 1.10 bits per heavy atom. The lowest BCUT2D eigenvalue weighted by atomic mass is 9.97. The lowest BCUT2D eigenvalue weighted by Gasteiger charge is -2.23. The number of piperidine rings is 1. The third-order valence-electron chi connectivity index (χ3n) is 5.93. The molecular weight excluding hydrogens is 374 g/mol. The molecule has 2 heterocycles. The van der Waals surface area contributed by atoms with Gasteiger partial charge in [0.25, 0.3) is 5.91 Å². The standard InChI is InChI=1S/C24H27N5O/c1-15-4-5-17(23(30)27-19-7-8-19)12-21(15)16-6-9-22-18(11-16)13-26-24(29-22)28-20-3-2-10-25-14-20/h4-6,9,11-13,19-20,25H,2-3,7-8,10,14H2,1H3,(H,27,30)(H,26,28,29)/t20-/m0/s1. The van der Waals surface area contributed by atoms with Gasteiger partial charge in [0.15, 0.2) is 0 Å². The second kappa shape index (κ2) is 8.03. The molecule has 0 spiro atoms. The highest BCUT2D eigenvalue weighted by Crippen LogP contribution is 2.28. The van der Waals surface area contributed by atoms with Crippen LogP contribution in [0.1, 0.15) is 41.6 Å². The van der Waals surface area contributed by atoms with Gasteiger partial charge >= 0.3 is 0 Å². The summed E-state index contributed by atoms with van der Waals surface area (Å²) in [6.45, 7) is 4.11. The molecule has 1 saturated heterocycles. The van der Waals surface area contributed by atoms with E-state index in [0.29, 0.717) is 23.6 Å². The zero-order valence-corrected chi connectivity index (χ0v) is 17.2. The van der Waals surface area contributed by atoms with Gasteiger partial charge in [0.05, 0.1) is 5.52 Å². The molecular formula is C24H27N5O. The zero-order chi connectivity index (χ0) is 20.5. The van der Waals surface area contributed by atoms with E-state index in [0.717, 1.165) is 59.9 Å². The topological polar surface area (TPSA) is 78.9 Å². The number of nitrogens with zero attached hydrogens (tertiary/aromatic N) is 2. The minimum absolute atomic E-state index is 0.00999. The van der Waals surface area contributed by atoms with Crippen LogP contribution in [-0.4, -0.2) is 41.0 Å². The number of anilines is 1. The van der Waals surface area contributed by atoms with Crippen molar-refractivity contribution in [2.24, 2.45) is 0 Å². The first-order chi connectivity index (χ1) is 14.7. The molecule has 154 valence electrons. The molecule has 1 aromatic heterocycles. The van der Waals surface area contributed by atoms with E-state index >= 15 is 0 Å². The van der Waals surface area contributed by atoms with Gasteiger partial charge < -0.3 is 16.0 Å². The number of nitrogens with one attached hydrogen (secondary N) is 3. The lowest BCUT2D eigenvalue weighted by Crippen LogP contribution is -2.38. The Balaban J connectivity index is 1.40. The van der Waals surface area contributed by atoms with Gasteiger partial charge in [-0.05, 0) is 80.1 Å². The third-order valence-corrected chi connectivity index (χ3v) is 5.93. The van der Waals surface area contributed by atoms with Crippen LogP contribution in [0.5, 0.6) is 0 Å². The summed E-state index contributed by atoms with van der Waals surface area (Å²) in [5, 5.41) is 10.9. The number of aromatic nitrogens is 2. The Morgan fingerprint density at radius 3 is 2.80 bits per heavy atom. The van der Waals surface area contributed by atoms with Gasteiger partial charge in [-0.15, -0.1) is 0 Å². The van der Waals surface area contributed by atoms with Crippen molar-refractivity contribution in [3.8, 4) is 11.1 Å². The Morgan fingerprint density at radius 2 is 2.00 bits per heavy atom. The second-order valence-corrected chi connectivity index (χ2v) is 8.43. The molecule has 1 atom stereocenters. The number of hydrogen-bond acceptors (Lipinski definition) is 5. The molecule has 0 radical (unpaired) electrons. The second-order valence-electron chi connectivity index (χ2n) is 8.43. The monoisotopic (exact) mass is 401 g/mol. The highest BCUT2D eigenvalue weighted by molar-refractivity contribution is 5.96. The van der Waals surface area contributed by atoms with Crippen molar-refractivity contribution in [3.05, 3.63) is 53.7 Å². The Hall–Kier alpha value is -2.99. The van der Waals surface area contributed by atoms with Crippen LogP contribution in [0.2, 0.25) is 0 Å². The van der Waals surface area contributed by atoms with Crippen molar-refractivity contribution in [2.75, 3.05) is 18.4 Å². The highest BCUT2D eigenvalue weighted by atomic mass is 16.1. The van der Waals surface area contributed by atoms with E-state index in [2.05, 4.69) is 40.0 Å². The fourth-order valence-electron chi connectivity index (χ4n) is 4.00. The van der Waals surface area contributed by atoms with Crippen molar-refractivity contribution in [1.82, 2.24) is 20.6 Å². The summed E-state index contributed by atoms with van der Waals surface area (Å²) in [7, 11) is 0. The smallest absolute Gasteiger partial charge is 0.251 e. The molecule has 3 N–H and O–H groups in total. The first-order valence-corrected chi connectivity index (χ1v) is 10.8. The van der Waals surface area contributed by atoms with Crippen LogP contribution in [0, 0.1) is 6.92 Å². The minimum atomic E-state index is 0.00999. The van der Waals surface area contributed by atoms with E-state index < -0.39 is 0 Å². The maximum absolute atomic E-state index is 12.5. The van der Waals surface area contributed by atoms with Gasteiger partial charge in [-0.3, -0.25) is 4.79 Å². The molecule has 1 amide bonds. The third kappa shape index (κ3) is 4.14. The Kier molecular flexibility index (Phi) is 5.09. The lowest BCUT2D eigenvalue weighted by molar-refractivity contribution is 0.0951. The number of fused-ring (bicyclic) bond motifs is 1. The van der Waals surface area contributed by atoms with Crippen LogP contribution in [0.3, 0.4) is 0 Å². The Bertz CT molecular complexity index is 1090. The number of aryl methyl sites for hydroxylation is 1. The van der Waals surface area contributed by atoms with Gasteiger partial charge in [-0.1, -0.05) is 12.1 Å². The number of carbonyl (C=O) groups excluding carboxylic acids is 1. The average molecular weight is 402 g/mol. The molecule has 1 saturated carbocycles. The van der Waals surface area contributed by atoms with E-state index in [1.807, 2.05) is 30.5 Å². The predicted molar refractivity (Wildman–Crippen MR) is 120 cm³/mol. The summed E-state index contributed by atoms with van der Waals surface area (Å²) in [4.78, 5) is 21.7. The molecule has 2 aromatic carbocycles. The van der Waals surface area contributed by atoms with E-state index in [1.54, 1.807) is 0 Å². The highest BCUT2D eigenvalue weighted by Gasteiger charge is 2.24. The SMILES string of the molecule is Cc1ccc(C(=O)NC2CC2)cc1-c1ccc2nc(N[C@H]3CCCNC3)ncc2c1. The van der Waals surface area contributed by atoms with E-state index in [1.165, 1.54) is 6.42 Å². The molecule has 1 aliphatic carbocycles. The molecule has 6 heteroatoms. The van der Waals surface area contributed by atoms with Crippen molar-refractivity contribution >= 4 is 22.8 Å². The molecule has 2 fully saturated rings. The Labute approximate surface area is 176 Å². The summed E-state index contributed by atoms with van der Waals surface area (Å²) >= 11 is 0. The van der Waals surface area contributed by atoms with Crippen LogP contribution < -0.4 is 16.0 Å². The van der Waals surface area contributed by atoms with Crippen LogP contribution in [-0.2, 0) is 0 Å². The fraction of sp³-hybridized carbons (Fsp3) is 0.375. The van der Waals surface area contributed by atoms with Crippen molar-refractivity contribution in [2.45, 2.75) is 44.7 Å². The molecule has 3 aromatic rings. The summed E-state index contributed by atoms with van der Waals surface area (Å²) in [6.07, 6.45) is 6.36. The van der Waals surface area contributed by atoms with Crippen molar-refractivity contribution < 1.29 is 4.79 Å². The fourth-order valence-corrected chi connectivity index (χ4v) is 4.00. The van der Waals surface area contributed by atoms with E-state index in [-0.39, 0.29) is 5.91 Å².